The fraction of sp³-hybridized carbons (Fsp3) is 0.562. The number of nitro groups is 1. The number of thioether (sulfide) groups is 1. The van der Waals surface area contributed by atoms with Gasteiger partial charge in [-0.3, -0.25) is 14.9 Å². The second-order valence-electron chi connectivity index (χ2n) is 5.82. The Hall–Kier alpha value is -1.76. The molecule has 0 radical (unpaired) electrons. The van der Waals surface area contributed by atoms with Crippen molar-refractivity contribution in [3.63, 3.8) is 0 Å². The molecule has 2 atom stereocenters. The number of carbonyl (C=O) groups excluding carboxylic acids is 1. The van der Waals surface area contributed by atoms with E-state index in [0.29, 0.717) is 16.6 Å². The van der Waals surface area contributed by atoms with Crippen LogP contribution in [0.5, 0.6) is 5.75 Å². The summed E-state index contributed by atoms with van der Waals surface area (Å²) in [5.41, 5.74) is -0.126. The molecule has 0 aromatic heterocycles. The van der Waals surface area contributed by atoms with Gasteiger partial charge in [-0.1, -0.05) is 19.8 Å². The smallest absolute Gasteiger partial charge is 0.285 e. The minimum atomic E-state index is -0.536. The maximum atomic E-state index is 12.6. The molecule has 1 aliphatic carbocycles. The summed E-state index contributed by atoms with van der Waals surface area (Å²) < 4.78 is 5.17. The van der Waals surface area contributed by atoms with E-state index in [2.05, 4.69) is 12.2 Å². The van der Waals surface area contributed by atoms with E-state index >= 15 is 0 Å². The van der Waals surface area contributed by atoms with Crippen LogP contribution in [0.1, 0.15) is 43.0 Å². The van der Waals surface area contributed by atoms with Gasteiger partial charge in [-0.25, -0.2) is 0 Å². The van der Waals surface area contributed by atoms with Crippen LogP contribution >= 0.6 is 11.8 Å². The third-order valence-electron chi connectivity index (χ3n) is 4.37. The third kappa shape index (κ3) is 3.96. The molecule has 0 saturated heterocycles. The average molecular weight is 338 g/mol. The van der Waals surface area contributed by atoms with E-state index in [4.69, 9.17) is 4.74 Å². The highest BCUT2D eigenvalue weighted by Crippen LogP contribution is 2.34. The maximum Gasteiger partial charge on any atom is 0.285 e. The molecule has 0 spiro atoms. The highest BCUT2D eigenvalue weighted by atomic mass is 32.2. The van der Waals surface area contributed by atoms with Crippen molar-refractivity contribution in [3.8, 4) is 5.75 Å². The molecule has 7 heteroatoms. The van der Waals surface area contributed by atoms with E-state index in [-0.39, 0.29) is 23.2 Å². The number of rotatable bonds is 5. The Balaban J connectivity index is 2.32. The van der Waals surface area contributed by atoms with Crippen LogP contribution in [0.3, 0.4) is 0 Å². The number of nitrogens with zero attached hydrogens (tertiary/aromatic N) is 1. The summed E-state index contributed by atoms with van der Waals surface area (Å²) in [5, 5.41) is 14.3. The van der Waals surface area contributed by atoms with E-state index in [0.717, 1.165) is 19.3 Å². The van der Waals surface area contributed by atoms with Crippen molar-refractivity contribution < 1.29 is 14.5 Å². The molecule has 1 N–H and O–H groups in total. The quantitative estimate of drug-likeness (QED) is 0.503. The topological polar surface area (TPSA) is 81.5 Å². The molecule has 2 rings (SSSR count). The molecule has 0 bridgehead atoms. The van der Waals surface area contributed by atoms with Crippen molar-refractivity contribution in [1.82, 2.24) is 5.32 Å². The Morgan fingerprint density at radius 2 is 2.09 bits per heavy atom. The van der Waals surface area contributed by atoms with E-state index in [1.54, 1.807) is 6.07 Å². The number of nitro benzene ring substituents is 1. The molecule has 1 aromatic carbocycles. The Kier molecular flexibility index (Phi) is 5.87. The fourth-order valence-corrected chi connectivity index (χ4v) is 3.56. The zero-order valence-electron chi connectivity index (χ0n) is 13.6. The first-order valence-electron chi connectivity index (χ1n) is 7.69. The first kappa shape index (κ1) is 17.6. The summed E-state index contributed by atoms with van der Waals surface area (Å²) in [6, 6.07) is 2.95. The molecule has 1 saturated carbocycles. The van der Waals surface area contributed by atoms with Crippen molar-refractivity contribution in [2.45, 2.75) is 43.5 Å². The molecular formula is C16H22N2O4S. The van der Waals surface area contributed by atoms with Crippen LogP contribution in [-0.4, -0.2) is 30.2 Å². The van der Waals surface area contributed by atoms with E-state index in [9.17, 15) is 14.9 Å². The first-order valence-corrected chi connectivity index (χ1v) is 8.91. The van der Waals surface area contributed by atoms with Gasteiger partial charge in [0.15, 0.2) is 0 Å². The Bertz CT molecular complexity index is 606. The number of methoxy groups -OCH3 is 1. The molecule has 6 nitrogen and oxygen atoms in total. The Labute approximate surface area is 140 Å². The minimum Gasteiger partial charge on any atom is -0.495 e. The lowest BCUT2D eigenvalue weighted by atomic mass is 9.86. The average Bonchev–Trinajstić information content (AvgIpc) is 2.55. The van der Waals surface area contributed by atoms with Gasteiger partial charge in [-0.2, -0.15) is 0 Å². The van der Waals surface area contributed by atoms with Gasteiger partial charge in [0.25, 0.3) is 11.6 Å². The van der Waals surface area contributed by atoms with Gasteiger partial charge in [0.1, 0.15) is 11.3 Å². The molecule has 23 heavy (non-hydrogen) atoms. The second kappa shape index (κ2) is 7.68. The summed E-state index contributed by atoms with van der Waals surface area (Å²) >= 11 is 1.39. The van der Waals surface area contributed by atoms with E-state index < -0.39 is 4.92 Å². The summed E-state index contributed by atoms with van der Waals surface area (Å²) in [5.74, 6) is 0.421. The summed E-state index contributed by atoms with van der Waals surface area (Å²) in [4.78, 5) is 24.1. The summed E-state index contributed by atoms with van der Waals surface area (Å²) in [6.07, 6.45) is 6.09. The van der Waals surface area contributed by atoms with Crippen molar-refractivity contribution in [1.29, 1.82) is 0 Å². The normalized spacial score (nSPS) is 20.8. The predicted octanol–water partition coefficient (Wildman–Crippen LogP) is 3.63. The first-order chi connectivity index (χ1) is 11.0. The van der Waals surface area contributed by atoms with Crippen LogP contribution in [0.4, 0.5) is 5.69 Å². The Morgan fingerprint density at radius 1 is 1.39 bits per heavy atom. The number of ether oxygens (including phenoxy) is 1. The molecule has 2 unspecified atom stereocenters. The van der Waals surface area contributed by atoms with Gasteiger partial charge in [0.05, 0.1) is 23.0 Å². The molecule has 0 aliphatic heterocycles. The van der Waals surface area contributed by atoms with E-state index in [1.165, 1.54) is 31.4 Å². The number of amides is 1. The minimum absolute atomic E-state index is 0.0793. The van der Waals surface area contributed by atoms with Gasteiger partial charge >= 0.3 is 0 Å². The summed E-state index contributed by atoms with van der Waals surface area (Å²) in [7, 11) is 1.46. The molecule has 126 valence electrons. The van der Waals surface area contributed by atoms with Gasteiger partial charge in [-0.05, 0) is 31.1 Å². The number of carbonyl (C=O) groups is 1. The lowest BCUT2D eigenvalue weighted by Crippen LogP contribution is -2.41. The Morgan fingerprint density at radius 3 is 2.65 bits per heavy atom. The van der Waals surface area contributed by atoms with Crippen LogP contribution in [0.15, 0.2) is 17.0 Å². The van der Waals surface area contributed by atoms with Crippen molar-refractivity contribution in [2.75, 3.05) is 13.4 Å². The molecule has 0 heterocycles. The zero-order valence-corrected chi connectivity index (χ0v) is 14.4. The number of nitrogens with one attached hydrogen (secondary N) is 1. The highest BCUT2D eigenvalue weighted by molar-refractivity contribution is 7.98. The number of hydrogen-bond acceptors (Lipinski definition) is 5. The summed E-state index contributed by atoms with van der Waals surface area (Å²) in [6.45, 7) is 2.11. The third-order valence-corrected chi connectivity index (χ3v) is 5.13. The van der Waals surface area contributed by atoms with Gasteiger partial charge in [0, 0.05) is 6.04 Å². The van der Waals surface area contributed by atoms with Crippen LogP contribution in [-0.2, 0) is 0 Å². The molecule has 1 amide bonds. The van der Waals surface area contributed by atoms with Crippen molar-refractivity contribution in [3.05, 3.63) is 27.8 Å². The fourth-order valence-electron chi connectivity index (χ4n) is 2.98. The second-order valence-corrected chi connectivity index (χ2v) is 6.67. The number of hydrogen-bond donors (Lipinski definition) is 1. The van der Waals surface area contributed by atoms with Crippen molar-refractivity contribution in [2.24, 2.45) is 5.92 Å². The monoisotopic (exact) mass is 338 g/mol. The lowest BCUT2D eigenvalue weighted by molar-refractivity contribution is -0.385. The largest absolute Gasteiger partial charge is 0.495 e. The molecule has 1 aromatic rings. The van der Waals surface area contributed by atoms with Gasteiger partial charge in [-0.15, -0.1) is 11.8 Å². The predicted molar refractivity (Wildman–Crippen MR) is 90.3 cm³/mol. The molecular weight excluding hydrogens is 316 g/mol. The van der Waals surface area contributed by atoms with Crippen molar-refractivity contribution >= 4 is 23.4 Å². The van der Waals surface area contributed by atoms with Gasteiger partial charge < -0.3 is 10.1 Å². The van der Waals surface area contributed by atoms with Gasteiger partial charge in [0.2, 0.25) is 0 Å². The van der Waals surface area contributed by atoms with Crippen LogP contribution in [0.2, 0.25) is 0 Å². The lowest BCUT2D eigenvalue weighted by Gasteiger charge is -2.29. The zero-order chi connectivity index (χ0) is 17.0. The standard InChI is InChI=1S/C16H22N2O4S/c1-10-6-4-5-7-12(10)17-16(19)11-8-15(23-3)14(22-2)9-13(11)18(20)21/h8-10,12H,4-7H2,1-3H3,(H,17,19). The highest BCUT2D eigenvalue weighted by Gasteiger charge is 2.28. The molecule has 1 aliphatic rings. The number of benzene rings is 1. The molecule has 1 fully saturated rings. The van der Waals surface area contributed by atoms with Crippen LogP contribution < -0.4 is 10.1 Å². The van der Waals surface area contributed by atoms with E-state index in [1.807, 2.05) is 6.26 Å². The maximum absolute atomic E-state index is 12.6. The van der Waals surface area contributed by atoms with Crippen LogP contribution in [0.25, 0.3) is 0 Å². The SMILES string of the molecule is COc1cc([N+](=O)[O-])c(C(=O)NC2CCCCC2C)cc1SC. The van der Waals surface area contributed by atoms with Crippen LogP contribution in [0, 0.1) is 16.0 Å².